The molecule has 1 amide bonds. The number of nitrogens with zero attached hydrogens (tertiary/aromatic N) is 1. The van der Waals surface area contributed by atoms with E-state index in [1.54, 1.807) is 36.3 Å². The molecule has 0 spiro atoms. The predicted molar refractivity (Wildman–Crippen MR) is 94.4 cm³/mol. The van der Waals surface area contributed by atoms with Gasteiger partial charge in [0.2, 0.25) is 5.91 Å². The third-order valence-corrected chi connectivity index (χ3v) is 4.04. The zero-order valence-electron chi connectivity index (χ0n) is 13.6. The van der Waals surface area contributed by atoms with Crippen LogP contribution in [0.1, 0.15) is 28.8 Å². The maximum absolute atomic E-state index is 12.4. The molecule has 1 fully saturated rings. The van der Waals surface area contributed by atoms with Crippen LogP contribution in [0.2, 0.25) is 0 Å². The van der Waals surface area contributed by atoms with E-state index in [9.17, 15) is 9.59 Å². The Labute approximate surface area is 141 Å². The monoisotopic (exact) mass is 321 g/mol. The van der Waals surface area contributed by atoms with Crippen molar-refractivity contribution in [3.63, 3.8) is 0 Å². The van der Waals surface area contributed by atoms with Gasteiger partial charge in [0.15, 0.2) is 5.78 Å². The van der Waals surface area contributed by atoms with Crippen molar-refractivity contribution in [1.82, 2.24) is 0 Å². The molecule has 0 aromatic heterocycles. The summed E-state index contributed by atoms with van der Waals surface area (Å²) >= 11 is 0. The fraction of sp³-hybridized carbons (Fsp3) is 0.200. The molecule has 1 aliphatic heterocycles. The Morgan fingerprint density at radius 3 is 2.75 bits per heavy atom. The molecule has 2 aromatic rings. The number of allylic oxidation sites excluding steroid dienone is 1. The molecule has 0 N–H and O–H groups in total. The van der Waals surface area contributed by atoms with E-state index >= 15 is 0 Å². The molecule has 0 bridgehead atoms. The zero-order chi connectivity index (χ0) is 16.9. The Hall–Kier alpha value is -2.88. The molecular formula is C20H19NO3. The van der Waals surface area contributed by atoms with Crippen molar-refractivity contribution in [3.8, 4) is 5.75 Å². The van der Waals surface area contributed by atoms with Crippen LogP contribution in [0.3, 0.4) is 0 Å². The number of carbonyl (C=O) groups is 2. The normalized spacial score (nSPS) is 14.4. The second-order valence-corrected chi connectivity index (χ2v) is 5.67. The molecule has 122 valence electrons. The van der Waals surface area contributed by atoms with Gasteiger partial charge >= 0.3 is 0 Å². The van der Waals surface area contributed by atoms with Gasteiger partial charge in [-0.1, -0.05) is 30.3 Å². The fourth-order valence-corrected chi connectivity index (χ4v) is 2.76. The molecule has 24 heavy (non-hydrogen) atoms. The van der Waals surface area contributed by atoms with Crippen LogP contribution in [0.15, 0.2) is 54.6 Å². The van der Waals surface area contributed by atoms with Gasteiger partial charge in [-0.15, -0.1) is 0 Å². The Bertz CT molecular complexity index is 795. The van der Waals surface area contributed by atoms with Gasteiger partial charge in [-0.05, 0) is 42.3 Å². The first-order valence-electron chi connectivity index (χ1n) is 7.94. The SMILES string of the molecule is COc1cccc(C=CC(=O)c2cccc(N3CCCC3=O)c2)c1. The lowest BCUT2D eigenvalue weighted by Gasteiger charge is -2.16. The Kier molecular flexibility index (Phi) is 4.75. The molecule has 0 atom stereocenters. The summed E-state index contributed by atoms with van der Waals surface area (Å²) in [5.74, 6) is 0.775. The van der Waals surface area contributed by atoms with Crippen molar-refractivity contribution in [2.24, 2.45) is 0 Å². The number of amides is 1. The minimum atomic E-state index is -0.0914. The summed E-state index contributed by atoms with van der Waals surface area (Å²) in [6.45, 7) is 0.718. The first-order chi connectivity index (χ1) is 11.7. The average molecular weight is 321 g/mol. The summed E-state index contributed by atoms with van der Waals surface area (Å²) in [5.41, 5.74) is 2.26. The average Bonchev–Trinajstić information content (AvgIpc) is 3.06. The van der Waals surface area contributed by atoms with Crippen molar-refractivity contribution >= 4 is 23.5 Å². The summed E-state index contributed by atoms with van der Waals surface area (Å²) in [5, 5.41) is 0. The maximum atomic E-state index is 12.4. The highest BCUT2D eigenvalue weighted by molar-refractivity contribution is 6.08. The van der Waals surface area contributed by atoms with Crippen LogP contribution in [-0.4, -0.2) is 25.3 Å². The van der Waals surface area contributed by atoms with Gasteiger partial charge in [0, 0.05) is 24.2 Å². The van der Waals surface area contributed by atoms with Crippen molar-refractivity contribution in [2.75, 3.05) is 18.6 Å². The van der Waals surface area contributed by atoms with E-state index in [0.717, 1.165) is 30.0 Å². The van der Waals surface area contributed by atoms with Gasteiger partial charge in [-0.25, -0.2) is 0 Å². The van der Waals surface area contributed by atoms with Crippen molar-refractivity contribution in [1.29, 1.82) is 0 Å². The lowest BCUT2D eigenvalue weighted by atomic mass is 10.1. The minimum absolute atomic E-state index is 0.0914. The van der Waals surface area contributed by atoms with E-state index in [0.29, 0.717) is 12.0 Å². The van der Waals surface area contributed by atoms with Crippen LogP contribution in [0, 0.1) is 0 Å². The third-order valence-electron chi connectivity index (χ3n) is 4.04. The molecule has 4 heteroatoms. The highest BCUT2D eigenvalue weighted by Gasteiger charge is 2.21. The van der Waals surface area contributed by atoms with Crippen LogP contribution < -0.4 is 9.64 Å². The molecule has 3 rings (SSSR count). The van der Waals surface area contributed by atoms with E-state index in [1.165, 1.54) is 0 Å². The molecule has 1 heterocycles. The van der Waals surface area contributed by atoms with Crippen LogP contribution in [0.5, 0.6) is 5.75 Å². The van der Waals surface area contributed by atoms with Crippen LogP contribution in [0.4, 0.5) is 5.69 Å². The molecule has 4 nitrogen and oxygen atoms in total. The molecule has 0 aliphatic carbocycles. The number of anilines is 1. The number of hydrogen-bond acceptors (Lipinski definition) is 3. The summed E-state index contributed by atoms with van der Waals surface area (Å²) in [6.07, 6.45) is 4.75. The van der Waals surface area contributed by atoms with Gasteiger partial charge in [0.1, 0.15) is 5.75 Å². The van der Waals surface area contributed by atoms with E-state index in [1.807, 2.05) is 36.4 Å². The van der Waals surface area contributed by atoms with E-state index in [4.69, 9.17) is 4.74 Å². The lowest BCUT2D eigenvalue weighted by molar-refractivity contribution is -0.117. The summed E-state index contributed by atoms with van der Waals surface area (Å²) in [7, 11) is 1.61. The quantitative estimate of drug-likeness (QED) is 0.623. The van der Waals surface area contributed by atoms with Gasteiger partial charge in [0.05, 0.1) is 7.11 Å². The lowest BCUT2D eigenvalue weighted by Crippen LogP contribution is -2.23. The first-order valence-corrected chi connectivity index (χ1v) is 7.94. The smallest absolute Gasteiger partial charge is 0.227 e. The Morgan fingerprint density at radius 1 is 1.17 bits per heavy atom. The van der Waals surface area contributed by atoms with Crippen LogP contribution in [0.25, 0.3) is 6.08 Å². The van der Waals surface area contributed by atoms with Gasteiger partial charge in [-0.3, -0.25) is 9.59 Å². The second kappa shape index (κ2) is 7.13. The van der Waals surface area contributed by atoms with Crippen molar-refractivity contribution < 1.29 is 14.3 Å². The number of ketones is 1. The molecule has 0 radical (unpaired) electrons. The minimum Gasteiger partial charge on any atom is -0.497 e. The van der Waals surface area contributed by atoms with Crippen LogP contribution in [-0.2, 0) is 4.79 Å². The van der Waals surface area contributed by atoms with Crippen molar-refractivity contribution in [2.45, 2.75) is 12.8 Å². The number of rotatable bonds is 5. The van der Waals surface area contributed by atoms with E-state index in [2.05, 4.69) is 0 Å². The molecule has 1 saturated heterocycles. The number of ether oxygens (including phenoxy) is 1. The predicted octanol–water partition coefficient (Wildman–Crippen LogP) is 3.72. The molecule has 2 aromatic carbocycles. The topological polar surface area (TPSA) is 46.6 Å². The number of carbonyl (C=O) groups excluding carboxylic acids is 2. The Morgan fingerprint density at radius 2 is 2.00 bits per heavy atom. The van der Waals surface area contributed by atoms with E-state index in [-0.39, 0.29) is 11.7 Å². The van der Waals surface area contributed by atoms with Gasteiger partial charge in [-0.2, -0.15) is 0 Å². The molecular weight excluding hydrogens is 302 g/mol. The molecule has 0 unspecified atom stereocenters. The standard InChI is InChI=1S/C20H19NO3/c1-24-18-8-2-5-15(13-18)10-11-19(22)16-6-3-7-17(14-16)21-12-4-9-20(21)23/h2-3,5-8,10-11,13-14H,4,9,12H2,1H3. The highest BCUT2D eigenvalue weighted by atomic mass is 16.5. The highest BCUT2D eigenvalue weighted by Crippen LogP contribution is 2.22. The maximum Gasteiger partial charge on any atom is 0.227 e. The zero-order valence-corrected chi connectivity index (χ0v) is 13.6. The third kappa shape index (κ3) is 3.54. The van der Waals surface area contributed by atoms with Crippen LogP contribution >= 0.6 is 0 Å². The Balaban J connectivity index is 1.77. The van der Waals surface area contributed by atoms with Crippen molar-refractivity contribution in [3.05, 3.63) is 65.7 Å². The molecule has 0 saturated carbocycles. The summed E-state index contributed by atoms with van der Waals surface area (Å²) in [4.78, 5) is 26.0. The number of methoxy groups -OCH3 is 1. The fourth-order valence-electron chi connectivity index (χ4n) is 2.76. The number of hydrogen-bond donors (Lipinski definition) is 0. The number of benzene rings is 2. The van der Waals surface area contributed by atoms with E-state index < -0.39 is 0 Å². The molecule has 1 aliphatic rings. The second-order valence-electron chi connectivity index (χ2n) is 5.67. The largest absolute Gasteiger partial charge is 0.497 e. The van der Waals surface area contributed by atoms with Gasteiger partial charge in [0.25, 0.3) is 0 Å². The van der Waals surface area contributed by atoms with Gasteiger partial charge < -0.3 is 9.64 Å². The first kappa shape index (κ1) is 16.0. The summed E-state index contributed by atoms with van der Waals surface area (Å²) < 4.78 is 5.17. The summed E-state index contributed by atoms with van der Waals surface area (Å²) in [6, 6.07) is 14.7.